The third-order valence-corrected chi connectivity index (χ3v) is 5.09. The molecule has 2 rings (SSSR count). The van der Waals surface area contributed by atoms with Gasteiger partial charge in [-0.1, -0.05) is 11.6 Å². The van der Waals surface area contributed by atoms with Crippen LogP contribution in [0.4, 0.5) is 10.6 Å². The van der Waals surface area contributed by atoms with Gasteiger partial charge >= 0.3 is 6.09 Å². The van der Waals surface area contributed by atoms with E-state index in [0.29, 0.717) is 31.2 Å². The first-order valence-corrected chi connectivity index (χ1v) is 10.5. The molecule has 162 valence electrons. The van der Waals surface area contributed by atoms with Gasteiger partial charge in [-0.05, 0) is 47.6 Å². The molecule has 1 aromatic rings. The average Bonchev–Trinajstić information content (AvgIpc) is 2.59. The van der Waals surface area contributed by atoms with E-state index in [4.69, 9.17) is 16.3 Å². The molecule has 1 unspecified atom stereocenters. The summed E-state index contributed by atoms with van der Waals surface area (Å²) in [6.45, 7) is 15.5. The lowest BCUT2D eigenvalue weighted by Gasteiger charge is -2.39. The minimum atomic E-state index is -0.512. The lowest BCUT2D eigenvalue weighted by molar-refractivity contribution is -0.132. The van der Waals surface area contributed by atoms with Gasteiger partial charge in [0.15, 0.2) is 0 Å². The van der Waals surface area contributed by atoms with Gasteiger partial charge in [-0.25, -0.2) is 9.78 Å². The van der Waals surface area contributed by atoms with Crippen LogP contribution in [0.2, 0.25) is 5.02 Å². The highest BCUT2D eigenvalue weighted by molar-refractivity contribution is 6.30. The molecule has 2 heterocycles. The second-order valence-corrected chi connectivity index (χ2v) is 9.15. The zero-order valence-corrected chi connectivity index (χ0v) is 19.3. The molecule has 0 spiro atoms. The van der Waals surface area contributed by atoms with E-state index in [1.807, 2.05) is 52.5 Å². The van der Waals surface area contributed by atoms with Gasteiger partial charge in [-0.3, -0.25) is 4.79 Å². The molecule has 1 aliphatic heterocycles. The topological polar surface area (TPSA) is 66.0 Å². The van der Waals surface area contributed by atoms with Gasteiger partial charge in [-0.15, -0.1) is 0 Å². The summed E-state index contributed by atoms with van der Waals surface area (Å²) in [5, 5.41) is 0.537. The predicted molar refractivity (Wildman–Crippen MR) is 115 cm³/mol. The first-order chi connectivity index (χ1) is 13.4. The number of anilines is 1. The zero-order valence-electron chi connectivity index (χ0n) is 18.5. The van der Waals surface area contributed by atoms with Crippen LogP contribution in [0.15, 0.2) is 12.3 Å². The summed E-state index contributed by atoms with van der Waals surface area (Å²) in [5.41, 5.74) is 0.397. The summed E-state index contributed by atoms with van der Waals surface area (Å²) >= 11 is 6.24. The number of carbonyl (C=O) groups is 2. The third kappa shape index (κ3) is 5.98. The van der Waals surface area contributed by atoms with Crippen LogP contribution in [0.3, 0.4) is 0 Å². The third-order valence-electron chi connectivity index (χ3n) is 4.88. The Morgan fingerprint density at radius 2 is 1.76 bits per heavy atom. The second-order valence-electron chi connectivity index (χ2n) is 8.72. The first-order valence-electron chi connectivity index (χ1n) is 10.1. The van der Waals surface area contributed by atoms with E-state index in [9.17, 15) is 9.59 Å². The van der Waals surface area contributed by atoms with E-state index in [2.05, 4.69) is 9.88 Å². The zero-order chi connectivity index (χ0) is 21.9. The van der Waals surface area contributed by atoms with Crippen molar-refractivity contribution in [3.63, 3.8) is 0 Å². The molecule has 0 aromatic carbocycles. The molecular weight excluding hydrogens is 392 g/mol. The van der Waals surface area contributed by atoms with Crippen molar-refractivity contribution in [1.82, 2.24) is 14.8 Å². The summed E-state index contributed by atoms with van der Waals surface area (Å²) in [7, 11) is 0. The Labute approximate surface area is 179 Å². The number of hydrogen-bond acceptors (Lipinski definition) is 5. The highest BCUT2D eigenvalue weighted by Crippen LogP contribution is 2.32. The summed E-state index contributed by atoms with van der Waals surface area (Å²) in [5.74, 6) is 0.811. The molecule has 1 saturated heterocycles. The lowest BCUT2D eigenvalue weighted by Crippen LogP contribution is -2.50. The number of aromatic nitrogens is 1. The van der Waals surface area contributed by atoms with Gasteiger partial charge in [0.2, 0.25) is 5.91 Å². The number of ether oxygens (including phenoxy) is 1. The van der Waals surface area contributed by atoms with Crippen LogP contribution < -0.4 is 4.90 Å². The molecular formula is C21H33ClN4O3. The van der Waals surface area contributed by atoms with Crippen molar-refractivity contribution in [2.24, 2.45) is 0 Å². The Kier molecular flexibility index (Phi) is 7.38. The molecule has 2 amide bonds. The smallest absolute Gasteiger partial charge is 0.410 e. The molecule has 7 nitrogen and oxygen atoms in total. The van der Waals surface area contributed by atoms with Crippen LogP contribution in [0.1, 0.15) is 60.1 Å². The molecule has 8 heteroatoms. The molecule has 0 saturated carbocycles. The number of rotatable bonds is 4. The van der Waals surface area contributed by atoms with E-state index >= 15 is 0 Å². The molecule has 1 aromatic heterocycles. The van der Waals surface area contributed by atoms with Crippen LogP contribution in [0.25, 0.3) is 0 Å². The highest BCUT2D eigenvalue weighted by atomic mass is 35.5. The lowest BCUT2D eigenvalue weighted by atomic mass is 10.0. The summed E-state index contributed by atoms with van der Waals surface area (Å²) in [6, 6.07) is 1.77. The Bertz CT molecular complexity index is 740. The average molecular weight is 425 g/mol. The van der Waals surface area contributed by atoms with E-state index < -0.39 is 5.60 Å². The van der Waals surface area contributed by atoms with Crippen molar-refractivity contribution in [3.05, 3.63) is 22.8 Å². The fourth-order valence-electron chi connectivity index (χ4n) is 3.68. The van der Waals surface area contributed by atoms with E-state index in [-0.39, 0.29) is 24.1 Å². The second kappa shape index (κ2) is 9.20. The number of hydrogen-bond donors (Lipinski definition) is 0. The van der Waals surface area contributed by atoms with Crippen molar-refractivity contribution in [2.75, 3.05) is 31.1 Å². The quantitative estimate of drug-likeness (QED) is 0.727. The Morgan fingerprint density at radius 3 is 2.24 bits per heavy atom. The minimum Gasteiger partial charge on any atom is -0.444 e. The Balaban J connectivity index is 2.20. The van der Waals surface area contributed by atoms with Gasteiger partial charge in [0.25, 0.3) is 0 Å². The number of piperazine rings is 1. The maximum atomic E-state index is 12.3. The molecule has 0 aliphatic carbocycles. The van der Waals surface area contributed by atoms with Gasteiger partial charge < -0.3 is 19.4 Å². The van der Waals surface area contributed by atoms with E-state index in [0.717, 1.165) is 11.4 Å². The molecule has 1 aliphatic rings. The normalized spacial score (nSPS) is 16.0. The Morgan fingerprint density at radius 1 is 1.17 bits per heavy atom. The van der Waals surface area contributed by atoms with Gasteiger partial charge in [0.1, 0.15) is 11.4 Å². The Hall–Kier alpha value is -2.02. The van der Waals surface area contributed by atoms with Crippen molar-refractivity contribution in [1.29, 1.82) is 0 Å². The van der Waals surface area contributed by atoms with Crippen molar-refractivity contribution in [3.8, 4) is 0 Å². The monoisotopic (exact) mass is 424 g/mol. The van der Waals surface area contributed by atoms with Crippen LogP contribution in [0.5, 0.6) is 0 Å². The van der Waals surface area contributed by atoms with Gasteiger partial charge in [0.05, 0.1) is 11.1 Å². The SMILES string of the molecule is CC(=O)N(C(C)C)C(C)c1cc(Cl)cnc1N1CCN(C(=O)OC(C)(C)C)CC1. The molecule has 0 radical (unpaired) electrons. The largest absolute Gasteiger partial charge is 0.444 e. The number of halogens is 1. The van der Waals surface area contributed by atoms with Crippen LogP contribution >= 0.6 is 11.6 Å². The van der Waals surface area contributed by atoms with Crippen LogP contribution in [-0.2, 0) is 9.53 Å². The molecule has 0 bridgehead atoms. The number of carbonyl (C=O) groups excluding carboxylic acids is 2. The van der Waals surface area contributed by atoms with Crippen molar-refractivity contribution < 1.29 is 14.3 Å². The standard InChI is InChI=1S/C21H33ClN4O3/c1-14(2)26(16(4)27)15(3)18-12-17(22)13-23-19(18)24-8-10-25(11-9-24)20(28)29-21(5,6)7/h12-15H,8-11H2,1-7H3. The van der Waals surface area contributed by atoms with Crippen LogP contribution in [0, 0.1) is 0 Å². The number of nitrogens with zero attached hydrogens (tertiary/aromatic N) is 4. The summed E-state index contributed by atoms with van der Waals surface area (Å²) in [4.78, 5) is 34.8. The molecule has 0 N–H and O–H groups in total. The summed E-state index contributed by atoms with van der Waals surface area (Å²) in [6.07, 6.45) is 1.33. The maximum absolute atomic E-state index is 12.3. The fourth-order valence-corrected chi connectivity index (χ4v) is 3.85. The number of pyridine rings is 1. The van der Waals surface area contributed by atoms with E-state index in [1.54, 1.807) is 18.0 Å². The molecule has 1 atom stereocenters. The highest BCUT2D eigenvalue weighted by Gasteiger charge is 2.30. The van der Waals surface area contributed by atoms with Crippen molar-refractivity contribution >= 4 is 29.4 Å². The fraction of sp³-hybridized carbons (Fsp3) is 0.667. The number of amides is 2. The molecule has 1 fully saturated rings. The van der Waals surface area contributed by atoms with Crippen molar-refractivity contribution in [2.45, 2.75) is 66.2 Å². The minimum absolute atomic E-state index is 0.00757. The van der Waals surface area contributed by atoms with Crippen LogP contribution in [-0.4, -0.2) is 64.6 Å². The maximum Gasteiger partial charge on any atom is 0.410 e. The first kappa shape index (κ1) is 23.3. The van der Waals surface area contributed by atoms with Gasteiger partial charge in [0, 0.05) is 50.9 Å². The molecule has 29 heavy (non-hydrogen) atoms. The van der Waals surface area contributed by atoms with E-state index in [1.165, 1.54) is 0 Å². The predicted octanol–water partition coefficient (Wildman–Crippen LogP) is 4.11. The van der Waals surface area contributed by atoms with Gasteiger partial charge in [-0.2, -0.15) is 0 Å². The summed E-state index contributed by atoms with van der Waals surface area (Å²) < 4.78 is 5.47.